The van der Waals surface area contributed by atoms with Crippen molar-refractivity contribution in [2.45, 2.75) is 109 Å². The molecule has 34 heavy (non-hydrogen) atoms. The Bertz CT molecular complexity index is 654. The molecule has 3 unspecified atom stereocenters. The van der Waals surface area contributed by atoms with Crippen molar-refractivity contribution in [3.8, 4) is 0 Å². The minimum absolute atomic E-state index is 0.00967. The first-order valence-electron chi connectivity index (χ1n) is 13.2. The van der Waals surface area contributed by atoms with E-state index in [0.29, 0.717) is 19.5 Å². The van der Waals surface area contributed by atoms with Crippen LogP contribution in [0.4, 0.5) is 0 Å². The summed E-state index contributed by atoms with van der Waals surface area (Å²) in [5.41, 5.74) is -0.284. The lowest BCUT2D eigenvalue weighted by molar-refractivity contribution is -0.134. The van der Waals surface area contributed by atoms with Gasteiger partial charge < -0.3 is 20.5 Å². The minimum atomic E-state index is -0.685. The van der Waals surface area contributed by atoms with Gasteiger partial charge in [0.2, 0.25) is 11.8 Å². The van der Waals surface area contributed by atoms with Crippen molar-refractivity contribution >= 4 is 24.4 Å². The molecule has 1 saturated heterocycles. The van der Waals surface area contributed by atoms with E-state index in [0.717, 1.165) is 44.6 Å². The third-order valence-electron chi connectivity index (χ3n) is 8.37. The molecule has 1 saturated carbocycles. The molecule has 198 valence electrons. The summed E-state index contributed by atoms with van der Waals surface area (Å²) in [6, 6.07) is -1.14. The third-order valence-corrected chi connectivity index (χ3v) is 8.73. The number of thiol groups is 1. The predicted molar refractivity (Wildman–Crippen MR) is 140 cm³/mol. The van der Waals surface area contributed by atoms with E-state index in [1.165, 1.54) is 19.3 Å². The van der Waals surface area contributed by atoms with Gasteiger partial charge in [-0.15, -0.1) is 0 Å². The number of ether oxygens (including phenoxy) is 1. The summed E-state index contributed by atoms with van der Waals surface area (Å²) in [5, 5.41) is 16.3. The lowest BCUT2D eigenvalue weighted by atomic mass is 9.64. The molecule has 0 spiro atoms. The van der Waals surface area contributed by atoms with E-state index < -0.39 is 18.2 Å². The zero-order chi connectivity index (χ0) is 25.4. The number of nitrogens with one attached hydrogen (secondary N) is 2. The maximum absolute atomic E-state index is 13.3. The van der Waals surface area contributed by atoms with Gasteiger partial charge in [-0.05, 0) is 50.9 Å². The summed E-state index contributed by atoms with van der Waals surface area (Å²) >= 11 is 4.32. The monoisotopic (exact) mass is 499 g/mol. The van der Waals surface area contributed by atoms with Crippen LogP contribution in [-0.4, -0.2) is 78.1 Å². The molecular formula is C26H49N3O4S. The van der Waals surface area contributed by atoms with Crippen molar-refractivity contribution < 1.29 is 19.4 Å². The van der Waals surface area contributed by atoms with Gasteiger partial charge in [-0.1, -0.05) is 46.0 Å². The summed E-state index contributed by atoms with van der Waals surface area (Å²) < 4.78 is 5.05. The van der Waals surface area contributed by atoms with Gasteiger partial charge in [0.25, 0.3) is 0 Å². The smallest absolute Gasteiger partial charge is 0.243 e. The van der Waals surface area contributed by atoms with Crippen LogP contribution >= 0.6 is 12.6 Å². The molecule has 8 heteroatoms. The Hall–Kier alpha value is -0.830. The molecule has 3 N–H and O–H groups in total. The summed E-state index contributed by atoms with van der Waals surface area (Å²) in [6.07, 6.45) is 8.88. The van der Waals surface area contributed by atoms with Crippen LogP contribution in [-0.2, 0) is 14.3 Å². The first kappa shape index (κ1) is 29.4. The summed E-state index contributed by atoms with van der Waals surface area (Å²) in [5.74, 6) is 0.594. The number of rotatable bonds is 15. The van der Waals surface area contributed by atoms with Crippen molar-refractivity contribution in [2.75, 3.05) is 32.6 Å². The van der Waals surface area contributed by atoms with Crippen LogP contribution in [0, 0.1) is 11.3 Å². The first-order chi connectivity index (χ1) is 16.0. The molecule has 1 aliphatic heterocycles. The minimum Gasteiger partial charge on any atom is -0.392 e. The Morgan fingerprint density at radius 3 is 2.41 bits per heavy atom. The van der Waals surface area contributed by atoms with Crippen molar-refractivity contribution in [3.05, 3.63) is 0 Å². The number of aliphatic hydroxyl groups excluding tert-OH is 1. The van der Waals surface area contributed by atoms with Crippen molar-refractivity contribution in [2.24, 2.45) is 11.3 Å². The predicted octanol–water partition coefficient (Wildman–Crippen LogP) is 3.15. The molecule has 0 radical (unpaired) electrons. The molecule has 0 aromatic heterocycles. The van der Waals surface area contributed by atoms with Gasteiger partial charge in [-0.3, -0.25) is 14.5 Å². The molecule has 2 rings (SSSR count). The number of β-amino-alcohol motifs (C(OH)–C–C–N with tert-alkyl or cyclic N) is 1. The first-order valence-corrected chi connectivity index (χ1v) is 13.8. The summed E-state index contributed by atoms with van der Waals surface area (Å²) in [6.45, 7) is 10.8. The van der Waals surface area contributed by atoms with Gasteiger partial charge in [0.1, 0.15) is 6.04 Å². The fraction of sp³-hybridized carbons (Fsp3) is 0.923. The number of aliphatic hydroxyl groups is 1. The number of nitrogens with zero attached hydrogens (tertiary/aromatic N) is 1. The average molecular weight is 500 g/mol. The highest BCUT2D eigenvalue weighted by Crippen LogP contribution is 2.47. The Morgan fingerprint density at radius 1 is 1.15 bits per heavy atom. The number of likely N-dealkylation sites (tertiary alicyclic amines) is 1. The second-order valence-electron chi connectivity index (χ2n) is 11.4. The number of hydrogen-bond donors (Lipinski definition) is 4. The Morgan fingerprint density at radius 2 is 1.82 bits per heavy atom. The second-order valence-corrected chi connectivity index (χ2v) is 11.8. The molecule has 0 aromatic rings. The lowest BCUT2D eigenvalue weighted by Crippen LogP contribution is -2.61. The molecular weight excluding hydrogens is 450 g/mol. The maximum Gasteiger partial charge on any atom is 0.243 e. The number of carbonyl (C=O) groups excluding carboxylic acids is 2. The Kier molecular flexibility index (Phi) is 11.6. The molecule has 0 bridgehead atoms. The average Bonchev–Trinajstić information content (AvgIpc) is 3.16. The highest BCUT2D eigenvalue weighted by molar-refractivity contribution is 7.80. The van der Waals surface area contributed by atoms with Crippen molar-refractivity contribution in [1.82, 2.24) is 15.5 Å². The number of amides is 2. The van der Waals surface area contributed by atoms with Gasteiger partial charge in [0, 0.05) is 38.1 Å². The largest absolute Gasteiger partial charge is 0.392 e. The number of hydrogen-bond acceptors (Lipinski definition) is 6. The highest BCUT2D eigenvalue weighted by Gasteiger charge is 2.50. The standard InChI is InChI=1S/C26H49N3O4S/c1-25(2,16-19-11-10-12-19)26(3,4)29-17-20(30)15-22(29)24(32)28-21(18-34)23(31)27-13-8-6-7-9-14-33-5/h19-22,30,34H,6-18H2,1-5H3,(H,27,31)(H,28,32). The molecule has 2 fully saturated rings. The molecule has 2 aliphatic rings. The van der Waals surface area contributed by atoms with Gasteiger partial charge in [0.15, 0.2) is 0 Å². The van der Waals surface area contributed by atoms with Crippen LogP contribution in [0.25, 0.3) is 0 Å². The summed E-state index contributed by atoms with van der Waals surface area (Å²) in [4.78, 5) is 28.2. The maximum atomic E-state index is 13.3. The van der Waals surface area contributed by atoms with E-state index >= 15 is 0 Å². The van der Waals surface area contributed by atoms with E-state index in [-0.39, 0.29) is 28.5 Å². The Balaban J connectivity index is 1.92. The number of unbranched alkanes of at least 4 members (excludes halogenated alkanes) is 3. The highest BCUT2D eigenvalue weighted by atomic mass is 32.1. The molecule has 1 aliphatic carbocycles. The molecule has 1 heterocycles. The third kappa shape index (κ3) is 7.84. The molecule has 3 atom stereocenters. The van der Waals surface area contributed by atoms with E-state index in [4.69, 9.17) is 4.74 Å². The van der Waals surface area contributed by atoms with Gasteiger partial charge in [-0.2, -0.15) is 12.6 Å². The van der Waals surface area contributed by atoms with Crippen LogP contribution in [0.15, 0.2) is 0 Å². The van der Waals surface area contributed by atoms with E-state index in [1.807, 2.05) is 0 Å². The van der Waals surface area contributed by atoms with Crippen LogP contribution in [0.5, 0.6) is 0 Å². The van der Waals surface area contributed by atoms with E-state index in [1.54, 1.807) is 7.11 Å². The lowest BCUT2D eigenvalue weighted by Gasteiger charge is -2.52. The van der Waals surface area contributed by atoms with Gasteiger partial charge >= 0.3 is 0 Å². The zero-order valence-corrected chi connectivity index (χ0v) is 23.0. The van der Waals surface area contributed by atoms with Crippen LogP contribution in [0.1, 0.15) is 85.5 Å². The topological polar surface area (TPSA) is 90.9 Å². The zero-order valence-electron chi connectivity index (χ0n) is 22.1. The van der Waals surface area contributed by atoms with Crippen molar-refractivity contribution in [3.63, 3.8) is 0 Å². The second kappa shape index (κ2) is 13.5. The van der Waals surface area contributed by atoms with Crippen LogP contribution in [0.3, 0.4) is 0 Å². The number of methoxy groups -OCH3 is 1. The van der Waals surface area contributed by atoms with E-state index in [2.05, 4.69) is 55.9 Å². The molecule has 7 nitrogen and oxygen atoms in total. The van der Waals surface area contributed by atoms with Crippen LogP contribution < -0.4 is 10.6 Å². The summed E-state index contributed by atoms with van der Waals surface area (Å²) in [7, 11) is 1.70. The van der Waals surface area contributed by atoms with E-state index in [9.17, 15) is 14.7 Å². The van der Waals surface area contributed by atoms with Gasteiger partial charge in [-0.25, -0.2) is 0 Å². The fourth-order valence-electron chi connectivity index (χ4n) is 5.26. The van der Waals surface area contributed by atoms with Crippen molar-refractivity contribution in [1.29, 1.82) is 0 Å². The molecule has 2 amide bonds. The molecule has 0 aromatic carbocycles. The quantitative estimate of drug-likeness (QED) is 0.205. The van der Waals surface area contributed by atoms with Crippen LogP contribution in [0.2, 0.25) is 0 Å². The number of carbonyl (C=O) groups is 2. The normalized spacial score (nSPS) is 22.9. The SMILES string of the molecule is COCCCCCCNC(=O)C(CS)NC(=O)C1CC(O)CN1C(C)(C)C(C)(C)CC1CCC1. The Labute approximate surface area is 212 Å². The fourth-order valence-corrected chi connectivity index (χ4v) is 5.52. The van der Waals surface area contributed by atoms with Gasteiger partial charge in [0.05, 0.1) is 12.1 Å².